The summed E-state index contributed by atoms with van der Waals surface area (Å²) in [5.74, 6) is 0.945. The first-order chi connectivity index (χ1) is 7.76. The molecule has 1 aromatic rings. The fraction of sp³-hybridized carbons (Fsp3) is 0.538. The first kappa shape index (κ1) is 11.4. The van der Waals surface area contributed by atoms with Gasteiger partial charge in [0, 0.05) is 17.6 Å². The van der Waals surface area contributed by atoms with Crippen molar-refractivity contribution in [1.29, 1.82) is 0 Å². The molecule has 88 valence electrons. The third-order valence-electron chi connectivity index (χ3n) is 3.00. The van der Waals surface area contributed by atoms with E-state index in [1.807, 2.05) is 18.2 Å². The van der Waals surface area contributed by atoms with Crippen molar-refractivity contribution in [3.63, 3.8) is 0 Å². The van der Waals surface area contributed by atoms with Gasteiger partial charge in [-0.3, -0.25) is 0 Å². The maximum absolute atomic E-state index is 6.20. The summed E-state index contributed by atoms with van der Waals surface area (Å²) in [7, 11) is 0. The lowest BCUT2D eigenvalue weighted by Crippen LogP contribution is -2.23. The summed E-state index contributed by atoms with van der Waals surface area (Å²) in [6.07, 6.45) is 2.14. The molecule has 1 saturated carbocycles. The topological polar surface area (TPSA) is 47.3 Å². The first-order valence-corrected chi connectivity index (χ1v) is 5.98. The SMILES string of the molecule is CCNCCOc1ccccc1C1(N)CC1. The molecule has 0 atom stereocenters. The smallest absolute Gasteiger partial charge is 0.124 e. The van der Waals surface area contributed by atoms with Gasteiger partial charge < -0.3 is 15.8 Å². The number of benzene rings is 1. The van der Waals surface area contributed by atoms with Crippen molar-refractivity contribution >= 4 is 0 Å². The van der Waals surface area contributed by atoms with Crippen molar-refractivity contribution in [2.45, 2.75) is 25.3 Å². The molecule has 1 aliphatic carbocycles. The molecule has 0 spiro atoms. The van der Waals surface area contributed by atoms with E-state index in [2.05, 4.69) is 18.3 Å². The lowest BCUT2D eigenvalue weighted by atomic mass is 10.1. The van der Waals surface area contributed by atoms with Gasteiger partial charge in [-0.05, 0) is 25.5 Å². The molecule has 2 rings (SSSR count). The molecule has 3 nitrogen and oxygen atoms in total. The van der Waals surface area contributed by atoms with Gasteiger partial charge in [-0.15, -0.1) is 0 Å². The van der Waals surface area contributed by atoms with E-state index in [-0.39, 0.29) is 5.54 Å². The molecular formula is C13H20N2O. The molecule has 3 heteroatoms. The Bertz CT molecular complexity index is 348. The molecule has 0 saturated heterocycles. The van der Waals surface area contributed by atoms with Crippen LogP contribution in [0.1, 0.15) is 25.3 Å². The van der Waals surface area contributed by atoms with Crippen molar-refractivity contribution in [3.8, 4) is 5.75 Å². The lowest BCUT2D eigenvalue weighted by molar-refractivity contribution is 0.309. The Labute approximate surface area is 97.0 Å². The summed E-state index contributed by atoms with van der Waals surface area (Å²) in [5, 5.41) is 3.24. The van der Waals surface area contributed by atoms with Crippen LogP contribution >= 0.6 is 0 Å². The molecule has 0 unspecified atom stereocenters. The number of likely N-dealkylation sites (N-methyl/N-ethyl adjacent to an activating group) is 1. The second kappa shape index (κ2) is 4.85. The van der Waals surface area contributed by atoms with Crippen molar-refractivity contribution in [2.24, 2.45) is 5.73 Å². The second-order valence-corrected chi connectivity index (χ2v) is 4.35. The number of rotatable bonds is 6. The highest BCUT2D eigenvalue weighted by Crippen LogP contribution is 2.46. The van der Waals surface area contributed by atoms with Gasteiger partial charge in [0.15, 0.2) is 0 Å². The largest absolute Gasteiger partial charge is 0.492 e. The van der Waals surface area contributed by atoms with Crippen LogP contribution in [0.15, 0.2) is 24.3 Å². The average Bonchev–Trinajstić information content (AvgIpc) is 3.05. The Morgan fingerprint density at radius 1 is 1.38 bits per heavy atom. The van der Waals surface area contributed by atoms with E-state index < -0.39 is 0 Å². The Morgan fingerprint density at radius 2 is 2.12 bits per heavy atom. The van der Waals surface area contributed by atoms with Crippen molar-refractivity contribution in [3.05, 3.63) is 29.8 Å². The van der Waals surface area contributed by atoms with Crippen LogP contribution in [0.4, 0.5) is 0 Å². The Morgan fingerprint density at radius 3 is 2.81 bits per heavy atom. The minimum Gasteiger partial charge on any atom is -0.492 e. The normalized spacial score (nSPS) is 17.1. The van der Waals surface area contributed by atoms with Gasteiger partial charge in [0.25, 0.3) is 0 Å². The van der Waals surface area contributed by atoms with Crippen LogP contribution in [0.5, 0.6) is 5.75 Å². The van der Waals surface area contributed by atoms with Crippen molar-refractivity contribution in [2.75, 3.05) is 19.7 Å². The Hall–Kier alpha value is -1.06. The summed E-state index contributed by atoms with van der Waals surface area (Å²) in [6, 6.07) is 8.11. The molecule has 1 aliphatic rings. The predicted octanol–water partition coefficient (Wildman–Crippen LogP) is 1.62. The minimum atomic E-state index is -0.116. The highest BCUT2D eigenvalue weighted by molar-refractivity contribution is 5.42. The maximum Gasteiger partial charge on any atom is 0.124 e. The Kier molecular flexibility index (Phi) is 3.46. The van der Waals surface area contributed by atoms with Crippen LogP contribution in [-0.2, 0) is 5.54 Å². The maximum atomic E-state index is 6.20. The second-order valence-electron chi connectivity index (χ2n) is 4.35. The van der Waals surface area contributed by atoms with E-state index in [1.165, 1.54) is 0 Å². The summed E-state index contributed by atoms with van der Waals surface area (Å²) >= 11 is 0. The van der Waals surface area contributed by atoms with Gasteiger partial charge in [0.2, 0.25) is 0 Å². The summed E-state index contributed by atoms with van der Waals surface area (Å²) in [4.78, 5) is 0. The van der Waals surface area contributed by atoms with Gasteiger partial charge in [-0.2, -0.15) is 0 Å². The predicted molar refractivity (Wildman–Crippen MR) is 65.6 cm³/mol. The quantitative estimate of drug-likeness (QED) is 0.716. The van der Waals surface area contributed by atoms with Crippen LogP contribution < -0.4 is 15.8 Å². The van der Waals surface area contributed by atoms with Crippen LogP contribution in [0, 0.1) is 0 Å². The lowest BCUT2D eigenvalue weighted by Gasteiger charge is -2.15. The van der Waals surface area contributed by atoms with Crippen molar-refractivity contribution < 1.29 is 4.74 Å². The molecular weight excluding hydrogens is 200 g/mol. The van der Waals surface area contributed by atoms with E-state index in [9.17, 15) is 0 Å². The molecule has 16 heavy (non-hydrogen) atoms. The third kappa shape index (κ3) is 2.54. The molecule has 0 heterocycles. The number of nitrogens with two attached hydrogens (primary N) is 1. The van der Waals surface area contributed by atoms with E-state index in [0.29, 0.717) is 6.61 Å². The zero-order chi connectivity index (χ0) is 11.4. The van der Waals surface area contributed by atoms with E-state index in [4.69, 9.17) is 10.5 Å². The number of hydrogen-bond acceptors (Lipinski definition) is 3. The van der Waals surface area contributed by atoms with Gasteiger partial charge in [-0.25, -0.2) is 0 Å². The van der Waals surface area contributed by atoms with Gasteiger partial charge in [0.1, 0.15) is 12.4 Å². The van der Waals surface area contributed by atoms with E-state index >= 15 is 0 Å². The fourth-order valence-electron chi connectivity index (χ4n) is 1.82. The zero-order valence-corrected chi connectivity index (χ0v) is 9.83. The van der Waals surface area contributed by atoms with E-state index in [1.54, 1.807) is 0 Å². The standard InChI is InChI=1S/C13H20N2O/c1-2-15-9-10-16-12-6-4-3-5-11(12)13(14)7-8-13/h3-6,15H,2,7-10,14H2,1H3. The number of hydrogen-bond donors (Lipinski definition) is 2. The number of para-hydroxylation sites is 1. The summed E-state index contributed by atoms with van der Waals surface area (Å²) < 4.78 is 5.76. The monoisotopic (exact) mass is 220 g/mol. The first-order valence-electron chi connectivity index (χ1n) is 5.98. The molecule has 1 aromatic carbocycles. The number of ether oxygens (including phenoxy) is 1. The van der Waals surface area contributed by atoms with Crippen LogP contribution in [0.3, 0.4) is 0 Å². The molecule has 0 aromatic heterocycles. The van der Waals surface area contributed by atoms with Crippen molar-refractivity contribution in [1.82, 2.24) is 5.32 Å². The van der Waals surface area contributed by atoms with Gasteiger partial charge in [0.05, 0.1) is 0 Å². The fourth-order valence-corrected chi connectivity index (χ4v) is 1.82. The zero-order valence-electron chi connectivity index (χ0n) is 9.83. The Balaban J connectivity index is 1.97. The number of nitrogens with one attached hydrogen (secondary N) is 1. The van der Waals surface area contributed by atoms with E-state index in [0.717, 1.165) is 37.2 Å². The molecule has 0 radical (unpaired) electrons. The highest BCUT2D eigenvalue weighted by atomic mass is 16.5. The van der Waals surface area contributed by atoms with Crippen LogP contribution in [-0.4, -0.2) is 19.7 Å². The summed E-state index contributed by atoms with van der Waals surface area (Å²) in [6.45, 7) is 4.64. The molecule has 3 N–H and O–H groups in total. The third-order valence-corrected chi connectivity index (χ3v) is 3.00. The average molecular weight is 220 g/mol. The highest BCUT2D eigenvalue weighted by Gasteiger charge is 2.41. The van der Waals surface area contributed by atoms with Gasteiger partial charge in [-0.1, -0.05) is 25.1 Å². The van der Waals surface area contributed by atoms with Crippen LogP contribution in [0.2, 0.25) is 0 Å². The molecule has 0 amide bonds. The molecule has 0 bridgehead atoms. The molecule has 1 fully saturated rings. The molecule has 0 aliphatic heterocycles. The minimum absolute atomic E-state index is 0.116. The van der Waals surface area contributed by atoms with Gasteiger partial charge >= 0.3 is 0 Å². The van der Waals surface area contributed by atoms with Crippen LogP contribution in [0.25, 0.3) is 0 Å². The summed E-state index contributed by atoms with van der Waals surface area (Å²) in [5.41, 5.74) is 7.25.